The molecule has 11 heavy (non-hydrogen) atoms. The highest BCUT2D eigenvalue weighted by molar-refractivity contribution is 6.33. The fourth-order valence-corrected chi connectivity index (χ4v) is 1.12. The monoisotopic (exact) mass is 169 g/mol. The zero-order chi connectivity index (χ0) is 8.43. The first-order valence-electron chi connectivity index (χ1n) is 3.16. The molecule has 2 N–H and O–H groups in total. The number of aryl methyl sites for hydroxylation is 1. The summed E-state index contributed by atoms with van der Waals surface area (Å²) in [5.74, 6) is 0. The summed E-state index contributed by atoms with van der Waals surface area (Å²) in [6.45, 7) is 1.81. The van der Waals surface area contributed by atoms with Crippen LogP contribution in [0, 0.1) is 6.92 Å². The summed E-state index contributed by atoms with van der Waals surface area (Å²) in [6.07, 6.45) is 0.748. The Kier molecular flexibility index (Phi) is 2.15. The first-order chi connectivity index (χ1) is 5.15. The summed E-state index contributed by atoms with van der Waals surface area (Å²) in [4.78, 5) is 10.3. The first-order valence-corrected chi connectivity index (χ1v) is 3.53. The molecule has 0 fully saturated rings. The van der Waals surface area contributed by atoms with E-state index in [9.17, 15) is 4.79 Å². The van der Waals surface area contributed by atoms with Gasteiger partial charge in [0.05, 0.1) is 10.7 Å². The number of halogens is 1. The zero-order valence-corrected chi connectivity index (χ0v) is 6.85. The van der Waals surface area contributed by atoms with Crippen molar-refractivity contribution in [2.45, 2.75) is 6.92 Å². The average molecular weight is 170 g/mol. The van der Waals surface area contributed by atoms with Crippen LogP contribution in [0.15, 0.2) is 12.1 Å². The molecule has 1 aromatic carbocycles. The van der Waals surface area contributed by atoms with Gasteiger partial charge in [0.25, 0.3) is 0 Å². The quantitative estimate of drug-likeness (QED) is 0.517. The number of anilines is 1. The van der Waals surface area contributed by atoms with Crippen molar-refractivity contribution >= 4 is 23.6 Å². The topological polar surface area (TPSA) is 43.1 Å². The minimum atomic E-state index is 0.437. The van der Waals surface area contributed by atoms with Crippen molar-refractivity contribution in [1.29, 1.82) is 0 Å². The van der Waals surface area contributed by atoms with Gasteiger partial charge in [-0.25, -0.2) is 0 Å². The lowest BCUT2D eigenvalue weighted by Crippen LogP contribution is -1.92. The number of carbonyl (C=O) groups is 1. The van der Waals surface area contributed by atoms with E-state index in [0.29, 0.717) is 16.3 Å². The van der Waals surface area contributed by atoms with E-state index in [1.807, 2.05) is 6.92 Å². The third-order valence-corrected chi connectivity index (χ3v) is 1.81. The largest absolute Gasteiger partial charge is 0.397 e. The molecule has 0 unspecified atom stereocenters. The minimum Gasteiger partial charge on any atom is -0.397 e. The van der Waals surface area contributed by atoms with Crippen molar-refractivity contribution in [2.75, 3.05) is 5.73 Å². The molecule has 0 aliphatic rings. The summed E-state index contributed by atoms with van der Waals surface area (Å²) in [5, 5.41) is 0.437. The van der Waals surface area contributed by atoms with E-state index in [4.69, 9.17) is 17.3 Å². The van der Waals surface area contributed by atoms with Crippen molar-refractivity contribution < 1.29 is 4.79 Å². The van der Waals surface area contributed by atoms with E-state index in [2.05, 4.69) is 0 Å². The van der Waals surface area contributed by atoms with Crippen LogP contribution in [-0.2, 0) is 0 Å². The molecule has 58 valence electrons. The maximum Gasteiger partial charge on any atom is 0.150 e. The molecule has 0 amide bonds. The minimum absolute atomic E-state index is 0.437. The highest BCUT2D eigenvalue weighted by Crippen LogP contribution is 2.23. The van der Waals surface area contributed by atoms with Gasteiger partial charge in [0.1, 0.15) is 6.29 Å². The van der Waals surface area contributed by atoms with Gasteiger partial charge in [-0.05, 0) is 24.6 Å². The number of nitrogen functional groups attached to an aromatic ring is 1. The summed E-state index contributed by atoms with van der Waals surface area (Å²) < 4.78 is 0. The highest BCUT2D eigenvalue weighted by atomic mass is 35.5. The third kappa shape index (κ3) is 1.52. The number of aldehydes is 1. The van der Waals surface area contributed by atoms with E-state index in [-0.39, 0.29) is 0 Å². The Labute approximate surface area is 70.0 Å². The standard InChI is InChI=1S/C8H8ClNO/c1-5-2-6(4-11)3-7(9)8(5)10/h2-4H,10H2,1H3. The van der Waals surface area contributed by atoms with E-state index >= 15 is 0 Å². The second kappa shape index (κ2) is 2.93. The van der Waals surface area contributed by atoms with Crippen molar-refractivity contribution in [3.8, 4) is 0 Å². The molecule has 0 aliphatic heterocycles. The second-order valence-corrected chi connectivity index (χ2v) is 2.76. The zero-order valence-electron chi connectivity index (χ0n) is 6.10. The number of benzene rings is 1. The summed E-state index contributed by atoms with van der Waals surface area (Å²) in [6, 6.07) is 3.26. The van der Waals surface area contributed by atoms with Gasteiger partial charge in [-0.15, -0.1) is 0 Å². The predicted molar refractivity (Wildman–Crippen MR) is 46.0 cm³/mol. The van der Waals surface area contributed by atoms with E-state index in [1.165, 1.54) is 0 Å². The van der Waals surface area contributed by atoms with Gasteiger partial charge in [0.2, 0.25) is 0 Å². The fourth-order valence-electron chi connectivity index (χ4n) is 0.850. The Bertz CT molecular complexity index is 273. The SMILES string of the molecule is Cc1cc(C=O)cc(Cl)c1N. The van der Waals surface area contributed by atoms with Crippen LogP contribution in [0.25, 0.3) is 0 Å². The number of hydrogen-bond donors (Lipinski definition) is 1. The molecule has 0 aliphatic carbocycles. The van der Waals surface area contributed by atoms with Crippen LogP contribution in [0.5, 0.6) is 0 Å². The molecule has 1 rings (SSSR count). The van der Waals surface area contributed by atoms with Crippen LogP contribution in [0.4, 0.5) is 5.69 Å². The smallest absolute Gasteiger partial charge is 0.150 e. The molecule has 0 atom stereocenters. The number of carbonyl (C=O) groups excluding carboxylic acids is 1. The van der Waals surface area contributed by atoms with Gasteiger partial charge in [-0.2, -0.15) is 0 Å². The summed E-state index contributed by atoms with van der Waals surface area (Å²) in [7, 11) is 0. The Morgan fingerprint density at radius 3 is 2.64 bits per heavy atom. The van der Waals surface area contributed by atoms with Gasteiger partial charge in [-0.3, -0.25) is 4.79 Å². The Morgan fingerprint density at radius 1 is 1.55 bits per heavy atom. The summed E-state index contributed by atoms with van der Waals surface area (Å²) in [5.41, 5.74) is 7.49. The van der Waals surface area contributed by atoms with E-state index < -0.39 is 0 Å². The second-order valence-electron chi connectivity index (χ2n) is 2.35. The van der Waals surface area contributed by atoms with E-state index in [1.54, 1.807) is 12.1 Å². The van der Waals surface area contributed by atoms with Crippen LogP contribution in [-0.4, -0.2) is 6.29 Å². The van der Waals surface area contributed by atoms with Crippen molar-refractivity contribution in [3.63, 3.8) is 0 Å². The number of nitrogens with two attached hydrogens (primary N) is 1. The molecular weight excluding hydrogens is 162 g/mol. The maximum atomic E-state index is 10.3. The number of hydrogen-bond acceptors (Lipinski definition) is 2. The molecule has 0 bridgehead atoms. The van der Waals surface area contributed by atoms with Crippen LogP contribution in [0.1, 0.15) is 15.9 Å². The van der Waals surface area contributed by atoms with E-state index in [0.717, 1.165) is 11.8 Å². The molecule has 0 heterocycles. The van der Waals surface area contributed by atoms with Crippen molar-refractivity contribution in [3.05, 3.63) is 28.3 Å². The van der Waals surface area contributed by atoms with Gasteiger partial charge < -0.3 is 5.73 Å². The molecule has 0 radical (unpaired) electrons. The normalized spacial score (nSPS) is 9.64. The van der Waals surface area contributed by atoms with Crippen LogP contribution < -0.4 is 5.73 Å². The van der Waals surface area contributed by atoms with Gasteiger partial charge in [0.15, 0.2) is 0 Å². The van der Waals surface area contributed by atoms with Crippen molar-refractivity contribution in [2.24, 2.45) is 0 Å². The molecule has 3 heteroatoms. The molecule has 2 nitrogen and oxygen atoms in total. The highest BCUT2D eigenvalue weighted by Gasteiger charge is 2.01. The molecule has 0 spiro atoms. The lowest BCUT2D eigenvalue weighted by Gasteiger charge is -2.02. The summed E-state index contributed by atoms with van der Waals surface area (Å²) >= 11 is 5.71. The molecular formula is C8H8ClNO. The molecule has 0 saturated heterocycles. The van der Waals surface area contributed by atoms with Gasteiger partial charge >= 0.3 is 0 Å². The average Bonchev–Trinajstić information content (AvgIpc) is 1.99. The van der Waals surface area contributed by atoms with Crippen LogP contribution in [0.3, 0.4) is 0 Å². The predicted octanol–water partition coefficient (Wildman–Crippen LogP) is 2.04. The van der Waals surface area contributed by atoms with Gasteiger partial charge in [-0.1, -0.05) is 11.6 Å². The van der Waals surface area contributed by atoms with Crippen LogP contribution in [0.2, 0.25) is 5.02 Å². The molecule has 0 aromatic heterocycles. The Morgan fingerprint density at radius 2 is 2.18 bits per heavy atom. The Balaban J connectivity index is 3.31. The maximum absolute atomic E-state index is 10.3. The number of rotatable bonds is 1. The molecule has 0 saturated carbocycles. The molecule has 1 aromatic rings. The lowest BCUT2D eigenvalue weighted by molar-refractivity contribution is 0.112. The third-order valence-electron chi connectivity index (χ3n) is 1.49. The van der Waals surface area contributed by atoms with Crippen molar-refractivity contribution in [1.82, 2.24) is 0 Å². The van der Waals surface area contributed by atoms with Crippen LogP contribution >= 0.6 is 11.6 Å². The Hall–Kier alpha value is -1.02. The lowest BCUT2D eigenvalue weighted by atomic mass is 10.1. The fraction of sp³-hybridized carbons (Fsp3) is 0.125. The van der Waals surface area contributed by atoms with Gasteiger partial charge in [0, 0.05) is 5.56 Å². The first kappa shape index (κ1) is 8.08.